The predicted molar refractivity (Wildman–Crippen MR) is 84.6 cm³/mol. The molecular formula is C17H28F2N2. The third-order valence-electron chi connectivity index (χ3n) is 4.76. The van der Waals surface area contributed by atoms with E-state index in [1.807, 2.05) is 0 Å². The Hall–Kier alpha value is -0.800. The minimum atomic E-state index is -2.46. The molecule has 0 aromatic heterocycles. The first-order valence-electron chi connectivity index (χ1n) is 8.55. The van der Waals surface area contributed by atoms with Gasteiger partial charge in [0.15, 0.2) is 0 Å². The van der Waals surface area contributed by atoms with Crippen LogP contribution >= 0.6 is 0 Å². The van der Waals surface area contributed by atoms with Crippen LogP contribution in [0.15, 0.2) is 9.98 Å². The number of hydrogen-bond acceptors (Lipinski definition) is 2. The van der Waals surface area contributed by atoms with Crippen molar-refractivity contribution in [1.29, 1.82) is 0 Å². The van der Waals surface area contributed by atoms with Gasteiger partial charge in [-0.1, -0.05) is 33.1 Å². The molecule has 1 aliphatic carbocycles. The van der Waals surface area contributed by atoms with Crippen molar-refractivity contribution in [2.45, 2.75) is 77.6 Å². The summed E-state index contributed by atoms with van der Waals surface area (Å²) in [6.07, 6.45) is 7.03. The topological polar surface area (TPSA) is 24.7 Å². The van der Waals surface area contributed by atoms with Crippen LogP contribution in [0.5, 0.6) is 0 Å². The molecule has 21 heavy (non-hydrogen) atoms. The molecule has 0 N–H and O–H groups in total. The van der Waals surface area contributed by atoms with Gasteiger partial charge in [-0.2, -0.15) is 0 Å². The summed E-state index contributed by atoms with van der Waals surface area (Å²) in [5, 5.41) is 0. The van der Waals surface area contributed by atoms with Crippen molar-refractivity contribution in [1.82, 2.24) is 0 Å². The van der Waals surface area contributed by atoms with Crippen molar-refractivity contribution < 1.29 is 8.78 Å². The second-order valence-corrected chi connectivity index (χ2v) is 6.54. The Kier molecular flexibility index (Phi) is 5.88. The average Bonchev–Trinajstić information content (AvgIpc) is 2.93. The molecule has 4 heteroatoms. The molecule has 1 saturated carbocycles. The summed E-state index contributed by atoms with van der Waals surface area (Å²) in [5.41, 5.74) is 1.21. The van der Waals surface area contributed by atoms with E-state index in [-0.39, 0.29) is 18.8 Å². The molecule has 1 fully saturated rings. The summed E-state index contributed by atoms with van der Waals surface area (Å²) in [4.78, 5) is 9.32. The molecule has 0 spiro atoms. The zero-order valence-corrected chi connectivity index (χ0v) is 13.4. The molecule has 0 aromatic carbocycles. The van der Waals surface area contributed by atoms with E-state index in [1.54, 1.807) is 0 Å². The SMILES string of the molecule is CCCCC(CCC)C1=NC(C2CCC(F)(F)CC2)=NC1. The molecule has 120 valence electrons. The first kappa shape index (κ1) is 16.6. The van der Waals surface area contributed by atoms with Gasteiger partial charge in [0.1, 0.15) is 5.84 Å². The third kappa shape index (κ3) is 4.58. The van der Waals surface area contributed by atoms with Gasteiger partial charge >= 0.3 is 0 Å². The molecule has 2 rings (SSSR count). The maximum Gasteiger partial charge on any atom is 0.248 e. The Morgan fingerprint density at radius 1 is 1.14 bits per heavy atom. The highest BCUT2D eigenvalue weighted by molar-refractivity contribution is 6.05. The van der Waals surface area contributed by atoms with Gasteiger partial charge in [0.2, 0.25) is 5.92 Å². The Bertz CT molecular complexity index is 392. The Morgan fingerprint density at radius 2 is 1.86 bits per heavy atom. The molecule has 0 saturated heterocycles. The number of unbranched alkanes of at least 4 members (excludes halogenated alkanes) is 1. The van der Waals surface area contributed by atoms with Crippen LogP contribution in [0.25, 0.3) is 0 Å². The van der Waals surface area contributed by atoms with E-state index in [4.69, 9.17) is 4.99 Å². The van der Waals surface area contributed by atoms with E-state index in [2.05, 4.69) is 18.8 Å². The Labute approximate surface area is 127 Å². The lowest BCUT2D eigenvalue weighted by atomic mass is 9.86. The van der Waals surface area contributed by atoms with E-state index in [0.717, 1.165) is 5.84 Å². The van der Waals surface area contributed by atoms with Gasteiger partial charge < -0.3 is 0 Å². The van der Waals surface area contributed by atoms with Gasteiger partial charge in [-0.3, -0.25) is 4.99 Å². The summed E-state index contributed by atoms with van der Waals surface area (Å²) >= 11 is 0. The second-order valence-electron chi connectivity index (χ2n) is 6.54. The Morgan fingerprint density at radius 3 is 2.48 bits per heavy atom. The van der Waals surface area contributed by atoms with Gasteiger partial charge in [-0.25, -0.2) is 13.8 Å². The molecule has 0 aromatic rings. The maximum atomic E-state index is 13.2. The number of hydrogen-bond donors (Lipinski definition) is 0. The molecule has 0 amide bonds. The van der Waals surface area contributed by atoms with Crippen LogP contribution in [0.4, 0.5) is 8.78 Å². The number of halogens is 2. The van der Waals surface area contributed by atoms with Gasteiger partial charge in [0.05, 0.1) is 6.54 Å². The number of rotatable bonds is 7. The Balaban J connectivity index is 1.93. The highest BCUT2D eigenvalue weighted by atomic mass is 19.3. The van der Waals surface area contributed by atoms with Crippen LogP contribution in [-0.2, 0) is 0 Å². The van der Waals surface area contributed by atoms with Gasteiger partial charge in [-0.15, -0.1) is 0 Å². The molecule has 0 radical (unpaired) electrons. The van der Waals surface area contributed by atoms with E-state index >= 15 is 0 Å². The van der Waals surface area contributed by atoms with E-state index < -0.39 is 5.92 Å². The number of nitrogens with zero attached hydrogens (tertiary/aromatic N) is 2. The summed E-state index contributed by atoms with van der Waals surface area (Å²) in [7, 11) is 0. The van der Waals surface area contributed by atoms with Crippen molar-refractivity contribution in [2.75, 3.05) is 6.54 Å². The van der Waals surface area contributed by atoms with Crippen molar-refractivity contribution in [3.63, 3.8) is 0 Å². The molecule has 1 unspecified atom stereocenters. The normalized spacial score (nSPS) is 23.8. The average molecular weight is 298 g/mol. The van der Waals surface area contributed by atoms with Crippen LogP contribution in [0, 0.1) is 11.8 Å². The lowest BCUT2D eigenvalue weighted by molar-refractivity contribution is -0.0394. The quantitative estimate of drug-likeness (QED) is 0.611. The predicted octanol–water partition coefficient (Wildman–Crippen LogP) is 5.27. The standard InChI is InChI=1S/C17H28F2N2/c1-3-5-7-13(6-4-2)15-12-20-16(21-15)14-8-10-17(18,19)11-9-14/h13-14H,3-12H2,1-2H3. The van der Waals surface area contributed by atoms with E-state index in [9.17, 15) is 8.78 Å². The molecule has 0 bridgehead atoms. The fourth-order valence-electron chi connectivity index (χ4n) is 3.40. The number of alkyl halides is 2. The summed E-state index contributed by atoms with van der Waals surface area (Å²) < 4.78 is 26.5. The zero-order chi connectivity index (χ0) is 15.3. The monoisotopic (exact) mass is 298 g/mol. The first-order valence-corrected chi connectivity index (χ1v) is 8.55. The molecular weight excluding hydrogens is 270 g/mol. The lowest BCUT2D eigenvalue weighted by Crippen LogP contribution is -2.27. The van der Waals surface area contributed by atoms with Crippen molar-refractivity contribution in [3.8, 4) is 0 Å². The van der Waals surface area contributed by atoms with Gasteiger partial charge in [0, 0.05) is 24.5 Å². The second kappa shape index (κ2) is 7.46. The van der Waals surface area contributed by atoms with Crippen molar-refractivity contribution in [3.05, 3.63) is 0 Å². The van der Waals surface area contributed by atoms with Crippen LogP contribution < -0.4 is 0 Å². The summed E-state index contributed by atoms with van der Waals surface area (Å²) in [6, 6.07) is 0. The molecule has 1 aliphatic heterocycles. The summed E-state index contributed by atoms with van der Waals surface area (Å²) in [6.45, 7) is 5.12. The summed E-state index contributed by atoms with van der Waals surface area (Å²) in [5.74, 6) is -0.899. The fraction of sp³-hybridized carbons (Fsp3) is 0.882. The van der Waals surface area contributed by atoms with Gasteiger partial charge in [0.25, 0.3) is 0 Å². The van der Waals surface area contributed by atoms with Gasteiger partial charge in [-0.05, 0) is 31.6 Å². The number of aliphatic imine (C=N–C) groups is 2. The molecule has 2 aliphatic rings. The van der Waals surface area contributed by atoms with Crippen molar-refractivity contribution in [2.24, 2.45) is 21.8 Å². The lowest BCUT2D eigenvalue weighted by Gasteiger charge is -2.27. The maximum absolute atomic E-state index is 13.2. The van der Waals surface area contributed by atoms with E-state index in [1.165, 1.54) is 37.8 Å². The van der Waals surface area contributed by atoms with Crippen molar-refractivity contribution >= 4 is 11.5 Å². The third-order valence-corrected chi connectivity index (χ3v) is 4.76. The number of amidine groups is 1. The van der Waals surface area contributed by atoms with Crippen LogP contribution in [0.1, 0.15) is 71.6 Å². The first-order chi connectivity index (χ1) is 10.1. The molecule has 2 nitrogen and oxygen atoms in total. The van der Waals surface area contributed by atoms with E-state index in [0.29, 0.717) is 25.3 Å². The highest BCUT2D eigenvalue weighted by Gasteiger charge is 2.37. The van der Waals surface area contributed by atoms with Crippen LogP contribution in [0.3, 0.4) is 0 Å². The van der Waals surface area contributed by atoms with Crippen LogP contribution in [-0.4, -0.2) is 24.0 Å². The fourth-order valence-corrected chi connectivity index (χ4v) is 3.40. The zero-order valence-electron chi connectivity index (χ0n) is 13.4. The smallest absolute Gasteiger partial charge is 0.248 e. The molecule has 1 heterocycles. The minimum Gasteiger partial charge on any atom is -0.264 e. The van der Waals surface area contributed by atoms with Crippen LogP contribution in [0.2, 0.25) is 0 Å². The molecule has 1 atom stereocenters. The minimum absolute atomic E-state index is 0.00420. The largest absolute Gasteiger partial charge is 0.264 e. The highest BCUT2D eigenvalue weighted by Crippen LogP contribution is 2.37.